The van der Waals surface area contributed by atoms with Gasteiger partial charge in [0.15, 0.2) is 9.84 Å². The Labute approximate surface area is 202 Å². The van der Waals surface area contributed by atoms with Crippen molar-refractivity contribution in [2.24, 2.45) is 0 Å². The quantitative estimate of drug-likeness (QED) is 0.173. The maximum atomic E-state index is 11.9. The molecule has 2 unspecified atom stereocenters. The third-order valence-electron chi connectivity index (χ3n) is 6.52. The van der Waals surface area contributed by atoms with E-state index >= 15 is 0 Å². The summed E-state index contributed by atoms with van der Waals surface area (Å²) in [7, 11) is -3.20. The number of hydrogen-bond donors (Lipinski definition) is 6. The molecule has 4 heterocycles. The molecule has 0 bridgehead atoms. The lowest BCUT2D eigenvalue weighted by atomic mass is 10.0. The Kier molecular flexibility index (Phi) is 8.90. The fourth-order valence-electron chi connectivity index (χ4n) is 4.89. The van der Waals surface area contributed by atoms with Crippen LogP contribution in [-0.4, -0.2) is 88.8 Å². The topological polar surface area (TPSA) is 191 Å². The summed E-state index contributed by atoms with van der Waals surface area (Å²) in [6.07, 6.45) is 4.32. The average molecular weight is 521 g/mol. The third kappa shape index (κ3) is 6.90. The van der Waals surface area contributed by atoms with E-state index < -0.39 is 27.0 Å². The van der Waals surface area contributed by atoms with Crippen LogP contribution < -0.4 is 21.3 Å². The second kappa shape index (κ2) is 11.5. The Morgan fingerprint density at radius 3 is 2.00 bits per heavy atom. The van der Waals surface area contributed by atoms with Crippen molar-refractivity contribution in [2.75, 3.05) is 11.5 Å². The van der Waals surface area contributed by atoms with Crippen molar-refractivity contribution in [3.05, 3.63) is 0 Å². The van der Waals surface area contributed by atoms with Crippen molar-refractivity contribution in [1.29, 1.82) is 0 Å². The van der Waals surface area contributed by atoms with Gasteiger partial charge in [-0.15, -0.1) is 0 Å². The van der Waals surface area contributed by atoms with Gasteiger partial charge in [-0.1, -0.05) is 12.8 Å². The van der Waals surface area contributed by atoms with E-state index in [0.717, 1.165) is 25.0 Å². The number of fused-ring (bicyclic) bond motifs is 2. The first-order chi connectivity index (χ1) is 16.1. The zero-order valence-electron chi connectivity index (χ0n) is 18.7. The van der Waals surface area contributed by atoms with Crippen LogP contribution in [0.15, 0.2) is 0 Å². The molecule has 4 aliphatic rings. The van der Waals surface area contributed by atoms with E-state index in [9.17, 15) is 27.6 Å². The zero-order chi connectivity index (χ0) is 24.9. The highest BCUT2D eigenvalue weighted by Gasteiger charge is 2.51. The molecule has 6 N–H and O–H groups in total. The first kappa shape index (κ1) is 26.4. The number of carbonyl (C=O) groups excluding carboxylic acids is 2. The number of nitrogens with one attached hydrogen (secondary N) is 4. The van der Waals surface area contributed by atoms with Gasteiger partial charge < -0.3 is 31.5 Å². The summed E-state index contributed by atoms with van der Waals surface area (Å²) >= 11 is 1.87. The molecule has 12 nitrogen and oxygen atoms in total. The van der Waals surface area contributed by atoms with Crippen LogP contribution in [0.5, 0.6) is 0 Å². The Balaban J connectivity index is 0.000000192. The highest BCUT2D eigenvalue weighted by atomic mass is 32.2. The highest BCUT2D eigenvalue weighted by molar-refractivity contribution is 8.00. The van der Waals surface area contributed by atoms with Crippen LogP contribution in [-0.2, 0) is 19.4 Å². The van der Waals surface area contributed by atoms with Crippen LogP contribution in [0.2, 0.25) is 0 Å². The van der Waals surface area contributed by atoms with E-state index in [1.54, 1.807) is 0 Å². The number of carboxylic acid groups (broad SMARTS) is 2. The summed E-state index contributed by atoms with van der Waals surface area (Å²) in [6.45, 7) is 0. The zero-order valence-corrected chi connectivity index (χ0v) is 20.3. The van der Waals surface area contributed by atoms with Crippen LogP contribution in [0.3, 0.4) is 0 Å². The van der Waals surface area contributed by atoms with Crippen LogP contribution in [0.25, 0.3) is 0 Å². The summed E-state index contributed by atoms with van der Waals surface area (Å²) in [5.74, 6) is -0.668. The van der Waals surface area contributed by atoms with Crippen molar-refractivity contribution in [1.82, 2.24) is 21.3 Å². The van der Waals surface area contributed by atoms with Crippen LogP contribution >= 0.6 is 11.8 Å². The maximum Gasteiger partial charge on any atom is 0.315 e. The van der Waals surface area contributed by atoms with Crippen LogP contribution in [0.1, 0.15) is 51.4 Å². The first-order valence-corrected chi connectivity index (χ1v) is 14.2. The van der Waals surface area contributed by atoms with Gasteiger partial charge in [-0.3, -0.25) is 9.59 Å². The number of carbonyl (C=O) groups is 4. The molecule has 0 saturated carbocycles. The number of carboxylic acids is 2. The van der Waals surface area contributed by atoms with Gasteiger partial charge in [-0.25, -0.2) is 18.0 Å². The maximum absolute atomic E-state index is 11.9. The average Bonchev–Trinajstić information content (AvgIpc) is 3.43. The second-order valence-corrected chi connectivity index (χ2v) is 12.6. The van der Waals surface area contributed by atoms with Gasteiger partial charge in [0.2, 0.25) is 0 Å². The van der Waals surface area contributed by atoms with Gasteiger partial charge in [0, 0.05) is 23.8 Å². The molecule has 4 rings (SSSR count). The SMILES string of the molecule is O=C(O)CCCC[C@@H]1SCC2NC(=O)N[C@@H]21.O=C(O)CCCC[C@H]1[C@H]2NC(=O)NC2CS1(=O)=O. The second-order valence-electron chi connectivity index (χ2n) is 9.02. The minimum atomic E-state index is -3.20. The summed E-state index contributed by atoms with van der Waals surface area (Å²) in [4.78, 5) is 43.0. The molecule has 192 valence electrons. The highest BCUT2D eigenvalue weighted by Crippen LogP contribution is 2.33. The number of urea groups is 2. The standard InChI is InChI=1S/C10H16N2O5S.C10H16N2O3S/c13-8(14)4-2-1-3-7-9-6(5-18(7,16)17)11-10(15)12-9;13-8(14)4-2-1-3-7-9-6(5-16-7)11-10(15)12-9/h6-7,9H,1-5H2,(H,13,14)(H2,11,12,15);6-7,9H,1-5H2,(H,13,14)(H2,11,12,15)/t2*6?,7-,9-/m00/s1. The smallest absolute Gasteiger partial charge is 0.315 e. The van der Waals surface area contributed by atoms with Crippen molar-refractivity contribution in [3.63, 3.8) is 0 Å². The molecule has 14 heteroatoms. The van der Waals surface area contributed by atoms with Gasteiger partial charge in [0.1, 0.15) is 0 Å². The van der Waals surface area contributed by atoms with Gasteiger partial charge in [0.25, 0.3) is 0 Å². The normalized spacial score (nSPS) is 32.4. The van der Waals surface area contributed by atoms with Gasteiger partial charge in [0.05, 0.1) is 35.2 Å². The molecule has 0 aromatic rings. The molecule has 0 spiro atoms. The Morgan fingerprint density at radius 1 is 0.824 bits per heavy atom. The number of thioether (sulfide) groups is 1. The molecule has 0 radical (unpaired) electrons. The third-order valence-corrected chi connectivity index (χ3v) is 10.3. The molecule has 34 heavy (non-hydrogen) atoms. The van der Waals surface area contributed by atoms with E-state index in [-0.39, 0.29) is 54.8 Å². The van der Waals surface area contributed by atoms with Crippen molar-refractivity contribution >= 4 is 45.6 Å². The number of amides is 4. The van der Waals surface area contributed by atoms with Gasteiger partial charge in [-0.2, -0.15) is 11.8 Å². The van der Waals surface area contributed by atoms with Crippen LogP contribution in [0, 0.1) is 0 Å². The van der Waals surface area contributed by atoms with Gasteiger partial charge >= 0.3 is 24.0 Å². The Hall–Kier alpha value is -2.22. The molecule has 4 fully saturated rings. The minimum Gasteiger partial charge on any atom is -0.481 e. The fourth-order valence-corrected chi connectivity index (χ4v) is 8.70. The summed E-state index contributed by atoms with van der Waals surface area (Å²) in [6, 6.07) is -0.593. The summed E-state index contributed by atoms with van der Waals surface area (Å²) in [5, 5.41) is 27.9. The molecular formula is C20H32N4O8S2. The van der Waals surface area contributed by atoms with Crippen molar-refractivity contribution in [3.8, 4) is 0 Å². The van der Waals surface area contributed by atoms with Crippen LogP contribution in [0.4, 0.5) is 9.59 Å². The fraction of sp³-hybridized carbons (Fsp3) is 0.800. The summed E-state index contributed by atoms with van der Waals surface area (Å²) in [5.41, 5.74) is 0. The first-order valence-electron chi connectivity index (χ1n) is 11.5. The van der Waals surface area contributed by atoms with Gasteiger partial charge in [-0.05, 0) is 25.7 Å². The predicted molar refractivity (Wildman–Crippen MR) is 125 cm³/mol. The Morgan fingerprint density at radius 2 is 1.38 bits per heavy atom. The lowest BCUT2D eigenvalue weighted by Crippen LogP contribution is -2.39. The largest absolute Gasteiger partial charge is 0.481 e. The number of hydrogen-bond acceptors (Lipinski definition) is 7. The number of rotatable bonds is 10. The minimum absolute atomic E-state index is 0.0278. The van der Waals surface area contributed by atoms with E-state index in [2.05, 4.69) is 21.3 Å². The molecule has 6 atom stereocenters. The molecule has 0 aromatic heterocycles. The molecule has 4 saturated heterocycles. The molecule has 4 amide bonds. The number of unbranched alkanes of at least 4 members (excludes halogenated alkanes) is 2. The summed E-state index contributed by atoms with van der Waals surface area (Å²) < 4.78 is 23.8. The molecule has 0 aliphatic carbocycles. The molecule has 4 aliphatic heterocycles. The monoisotopic (exact) mass is 520 g/mol. The number of aliphatic carboxylic acids is 2. The molecule has 0 aromatic carbocycles. The van der Waals surface area contributed by atoms with Crippen molar-refractivity contribution in [2.45, 2.75) is 86.0 Å². The van der Waals surface area contributed by atoms with E-state index in [4.69, 9.17) is 10.2 Å². The predicted octanol–water partition coefficient (Wildman–Crippen LogP) is 0.275. The van der Waals surface area contributed by atoms with E-state index in [1.165, 1.54) is 0 Å². The van der Waals surface area contributed by atoms with E-state index in [1.807, 2.05) is 11.8 Å². The van der Waals surface area contributed by atoms with E-state index in [0.29, 0.717) is 24.5 Å². The molecular weight excluding hydrogens is 488 g/mol. The lowest BCUT2D eigenvalue weighted by Gasteiger charge is -2.16. The lowest BCUT2D eigenvalue weighted by molar-refractivity contribution is -0.138. The number of sulfone groups is 1. The van der Waals surface area contributed by atoms with Crippen molar-refractivity contribution < 1.29 is 37.8 Å². The Bertz CT molecular complexity index is 899.